The van der Waals surface area contributed by atoms with Crippen molar-refractivity contribution < 1.29 is 9.53 Å². The second-order valence-corrected chi connectivity index (χ2v) is 5.48. The Morgan fingerprint density at radius 2 is 1.94 bits per heavy atom. The molecular weight excluding hydrogens is 216 g/mol. The third-order valence-corrected chi connectivity index (χ3v) is 3.41. The fraction of sp³-hybridized carbons (Fsp3) is 0.923. The summed E-state index contributed by atoms with van der Waals surface area (Å²) in [4.78, 5) is 11.9. The highest BCUT2D eigenvalue weighted by Crippen LogP contribution is 2.18. The second kappa shape index (κ2) is 6.97. The second-order valence-electron chi connectivity index (χ2n) is 5.48. The van der Waals surface area contributed by atoms with Crippen molar-refractivity contribution in [1.29, 1.82) is 0 Å². The Balaban J connectivity index is 2.33. The Labute approximate surface area is 104 Å². The van der Waals surface area contributed by atoms with Crippen molar-refractivity contribution in [2.75, 3.05) is 13.2 Å². The normalized spacial score (nSPS) is 21.2. The summed E-state index contributed by atoms with van der Waals surface area (Å²) < 4.78 is 5.32. The van der Waals surface area contributed by atoms with Gasteiger partial charge < -0.3 is 15.8 Å². The van der Waals surface area contributed by atoms with E-state index in [1.807, 2.05) is 0 Å². The third kappa shape index (κ3) is 5.04. The molecule has 1 heterocycles. The first kappa shape index (κ1) is 14.5. The molecule has 0 spiro atoms. The van der Waals surface area contributed by atoms with Gasteiger partial charge in [-0.3, -0.25) is 4.79 Å². The zero-order chi connectivity index (χ0) is 12.8. The van der Waals surface area contributed by atoms with E-state index in [4.69, 9.17) is 10.5 Å². The Morgan fingerprint density at radius 1 is 1.35 bits per heavy atom. The summed E-state index contributed by atoms with van der Waals surface area (Å²) in [6.45, 7) is 7.84. The molecule has 0 radical (unpaired) electrons. The lowest BCUT2D eigenvalue weighted by Gasteiger charge is -2.29. The number of hydrogen-bond acceptors (Lipinski definition) is 3. The first-order chi connectivity index (χ1) is 8.00. The van der Waals surface area contributed by atoms with Crippen LogP contribution in [0.4, 0.5) is 0 Å². The number of carbonyl (C=O) groups is 1. The molecule has 1 aliphatic rings. The lowest BCUT2D eigenvalue weighted by molar-refractivity contribution is -0.123. The molecule has 0 aromatic rings. The van der Waals surface area contributed by atoms with Crippen LogP contribution in [0.25, 0.3) is 0 Å². The van der Waals surface area contributed by atoms with E-state index in [-0.39, 0.29) is 18.0 Å². The van der Waals surface area contributed by atoms with Crippen LogP contribution in [0.5, 0.6) is 0 Å². The van der Waals surface area contributed by atoms with E-state index in [0.29, 0.717) is 11.8 Å². The van der Waals surface area contributed by atoms with Gasteiger partial charge in [0.15, 0.2) is 0 Å². The molecule has 1 amide bonds. The van der Waals surface area contributed by atoms with Gasteiger partial charge in [0, 0.05) is 19.3 Å². The van der Waals surface area contributed by atoms with Crippen LogP contribution < -0.4 is 11.1 Å². The van der Waals surface area contributed by atoms with Gasteiger partial charge in [0.1, 0.15) is 0 Å². The van der Waals surface area contributed by atoms with Crippen LogP contribution in [0.15, 0.2) is 0 Å². The van der Waals surface area contributed by atoms with E-state index in [9.17, 15) is 4.79 Å². The highest BCUT2D eigenvalue weighted by Gasteiger charge is 2.24. The maximum atomic E-state index is 11.9. The van der Waals surface area contributed by atoms with Crippen molar-refractivity contribution in [2.24, 2.45) is 17.6 Å². The van der Waals surface area contributed by atoms with Gasteiger partial charge in [0.05, 0.1) is 6.04 Å². The molecule has 2 atom stereocenters. The van der Waals surface area contributed by atoms with E-state index in [1.165, 1.54) is 0 Å². The Kier molecular flexibility index (Phi) is 5.92. The summed E-state index contributed by atoms with van der Waals surface area (Å²) in [5.41, 5.74) is 5.86. The average Bonchev–Trinajstić information content (AvgIpc) is 2.29. The fourth-order valence-electron chi connectivity index (χ4n) is 2.28. The SMILES string of the molecule is CC(C)CC(N)C(=O)NC(C)C1CCOCC1. The average molecular weight is 242 g/mol. The molecule has 0 aromatic carbocycles. The molecule has 0 aliphatic carbocycles. The van der Waals surface area contributed by atoms with E-state index in [1.54, 1.807) is 0 Å². The highest BCUT2D eigenvalue weighted by molar-refractivity contribution is 5.81. The van der Waals surface area contributed by atoms with Crippen molar-refractivity contribution >= 4 is 5.91 Å². The van der Waals surface area contributed by atoms with Crippen molar-refractivity contribution in [3.05, 3.63) is 0 Å². The van der Waals surface area contributed by atoms with Crippen LogP contribution in [-0.4, -0.2) is 31.2 Å². The van der Waals surface area contributed by atoms with Gasteiger partial charge in [-0.2, -0.15) is 0 Å². The topological polar surface area (TPSA) is 64.4 Å². The minimum Gasteiger partial charge on any atom is -0.381 e. The molecule has 1 saturated heterocycles. The minimum atomic E-state index is -0.378. The van der Waals surface area contributed by atoms with Crippen LogP contribution in [0, 0.1) is 11.8 Å². The monoisotopic (exact) mass is 242 g/mol. The molecule has 0 saturated carbocycles. The van der Waals surface area contributed by atoms with E-state index < -0.39 is 0 Å². The summed E-state index contributed by atoms with van der Waals surface area (Å²) in [5.74, 6) is 0.964. The molecule has 1 aliphatic heterocycles. The zero-order valence-corrected chi connectivity index (χ0v) is 11.2. The highest BCUT2D eigenvalue weighted by atomic mass is 16.5. The molecule has 1 rings (SSSR count). The molecule has 3 N–H and O–H groups in total. The standard InChI is InChI=1S/C13H26N2O2/c1-9(2)8-12(14)13(16)15-10(3)11-4-6-17-7-5-11/h9-12H,4-8,14H2,1-3H3,(H,15,16). The minimum absolute atomic E-state index is 0.0160. The van der Waals surface area contributed by atoms with Crippen molar-refractivity contribution in [1.82, 2.24) is 5.32 Å². The van der Waals surface area contributed by atoms with Gasteiger partial charge >= 0.3 is 0 Å². The fourth-order valence-corrected chi connectivity index (χ4v) is 2.28. The van der Waals surface area contributed by atoms with Gasteiger partial charge in [-0.15, -0.1) is 0 Å². The maximum Gasteiger partial charge on any atom is 0.237 e. The summed E-state index contributed by atoms with van der Waals surface area (Å²) in [6.07, 6.45) is 2.80. The third-order valence-electron chi connectivity index (χ3n) is 3.41. The first-order valence-corrected chi connectivity index (χ1v) is 6.64. The van der Waals surface area contributed by atoms with Gasteiger partial charge in [0.2, 0.25) is 5.91 Å². The largest absolute Gasteiger partial charge is 0.381 e. The van der Waals surface area contributed by atoms with Crippen molar-refractivity contribution in [2.45, 2.75) is 52.1 Å². The Morgan fingerprint density at radius 3 is 2.47 bits per heavy atom. The number of carbonyl (C=O) groups excluding carboxylic acids is 1. The van der Waals surface area contributed by atoms with Gasteiger partial charge in [-0.25, -0.2) is 0 Å². The van der Waals surface area contributed by atoms with Crippen LogP contribution in [0.1, 0.15) is 40.0 Å². The summed E-state index contributed by atoms with van der Waals surface area (Å²) >= 11 is 0. The van der Waals surface area contributed by atoms with Gasteiger partial charge in [-0.1, -0.05) is 13.8 Å². The lowest BCUT2D eigenvalue weighted by atomic mass is 9.92. The first-order valence-electron chi connectivity index (χ1n) is 6.64. The van der Waals surface area contributed by atoms with Crippen molar-refractivity contribution in [3.8, 4) is 0 Å². The van der Waals surface area contributed by atoms with Crippen LogP contribution in [0.3, 0.4) is 0 Å². The molecule has 2 unspecified atom stereocenters. The number of nitrogens with one attached hydrogen (secondary N) is 1. The van der Waals surface area contributed by atoms with E-state index >= 15 is 0 Å². The number of amides is 1. The summed E-state index contributed by atoms with van der Waals surface area (Å²) in [7, 11) is 0. The van der Waals surface area contributed by atoms with Gasteiger partial charge in [0.25, 0.3) is 0 Å². The summed E-state index contributed by atoms with van der Waals surface area (Å²) in [6, 6.07) is -0.179. The number of ether oxygens (including phenoxy) is 1. The summed E-state index contributed by atoms with van der Waals surface area (Å²) in [5, 5.41) is 3.04. The number of nitrogens with two attached hydrogens (primary N) is 1. The molecular formula is C13H26N2O2. The van der Waals surface area contributed by atoms with E-state index in [0.717, 1.165) is 32.5 Å². The van der Waals surface area contributed by atoms with Gasteiger partial charge in [-0.05, 0) is 38.0 Å². The molecule has 0 aromatic heterocycles. The number of rotatable bonds is 5. The molecule has 100 valence electrons. The maximum absolute atomic E-state index is 11.9. The smallest absolute Gasteiger partial charge is 0.237 e. The molecule has 4 nitrogen and oxygen atoms in total. The van der Waals surface area contributed by atoms with Crippen molar-refractivity contribution in [3.63, 3.8) is 0 Å². The van der Waals surface area contributed by atoms with E-state index in [2.05, 4.69) is 26.1 Å². The Hall–Kier alpha value is -0.610. The lowest BCUT2D eigenvalue weighted by Crippen LogP contribution is -2.48. The van der Waals surface area contributed by atoms with Crippen LogP contribution in [0.2, 0.25) is 0 Å². The molecule has 1 fully saturated rings. The number of hydrogen-bond donors (Lipinski definition) is 2. The predicted octanol–water partition coefficient (Wildman–Crippen LogP) is 1.29. The predicted molar refractivity (Wildman–Crippen MR) is 68.6 cm³/mol. The molecule has 0 bridgehead atoms. The Bertz CT molecular complexity index is 238. The quantitative estimate of drug-likeness (QED) is 0.763. The zero-order valence-electron chi connectivity index (χ0n) is 11.2. The van der Waals surface area contributed by atoms with Crippen LogP contribution in [-0.2, 0) is 9.53 Å². The molecule has 17 heavy (non-hydrogen) atoms. The molecule has 4 heteroatoms. The van der Waals surface area contributed by atoms with Crippen LogP contribution >= 0.6 is 0 Å².